The summed E-state index contributed by atoms with van der Waals surface area (Å²) in [6.45, 7) is 3.53. The lowest BCUT2D eigenvalue weighted by atomic mass is 9.88. The summed E-state index contributed by atoms with van der Waals surface area (Å²) in [6.07, 6.45) is -0.506. The molecule has 1 aliphatic heterocycles. The van der Waals surface area contributed by atoms with Gasteiger partial charge in [0.2, 0.25) is 5.91 Å². The monoisotopic (exact) mass is 129 g/mol. The smallest absolute Gasteiger partial charge is 0.228 e. The second-order valence-electron chi connectivity index (χ2n) is 2.56. The van der Waals surface area contributed by atoms with E-state index in [0.29, 0.717) is 0 Å². The highest BCUT2D eigenvalue weighted by atomic mass is 16.3. The van der Waals surface area contributed by atoms with E-state index < -0.39 is 6.10 Å². The van der Waals surface area contributed by atoms with Crippen molar-refractivity contribution in [2.24, 2.45) is 5.92 Å². The maximum Gasteiger partial charge on any atom is 0.228 e. The second kappa shape index (κ2) is 1.99. The number of aliphatic hydroxyl groups is 1. The summed E-state index contributed by atoms with van der Waals surface area (Å²) in [5.41, 5.74) is 0. The van der Waals surface area contributed by atoms with Gasteiger partial charge in [-0.05, 0) is 13.8 Å². The summed E-state index contributed by atoms with van der Waals surface area (Å²) < 4.78 is 0. The third-order valence-electron chi connectivity index (χ3n) is 1.73. The number of carbonyl (C=O) groups excluding carboxylic acids is 1. The van der Waals surface area contributed by atoms with Crippen LogP contribution < -0.4 is 5.32 Å². The average Bonchev–Trinajstić information content (AvgIpc) is 1.62. The van der Waals surface area contributed by atoms with Crippen molar-refractivity contribution in [1.82, 2.24) is 5.32 Å². The largest absolute Gasteiger partial charge is 0.393 e. The lowest BCUT2D eigenvalue weighted by molar-refractivity contribution is -0.139. The molecule has 0 aromatic rings. The first-order valence-electron chi connectivity index (χ1n) is 3.11. The van der Waals surface area contributed by atoms with Crippen molar-refractivity contribution in [3.63, 3.8) is 0 Å². The minimum Gasteiger partial charge on any atom is -0.393 e. The Bertz CT molecular complexity index is 128. The molecule has 52 valence electrons. The van der Waals surface area contributed by atoms with E-state index in [0.717, 1.165) is 0 Å². The molecule has 3 heteroatoms. The van der Waals surface area contributed by atoms with Crippen molar-refractivity contribution >= 4 is 5.91 Å². The van der Waals surface area contributed by atoms with Crippen LogP contribution in [0, 0.1) is 5.92 Å². The summed E-state index contributed by atoms with van der Waals surface area (Å²) in [5, 5.41) is 11.6. The van der Waals surface area contributed by atoms with E-state index in [2.05, 4.69) is 5.32 Å². The molecule has 9 heavy (non-hydrogen) atoms. The summed E-state index contributed by atoms with van der Waals surface area (Å²) >= 11 is 0. The first kappa shape index (κ1) is 6.55. The average molecular weight is 129 g/mol. The van der Waals surface area contributed by atoms with Crippen molar-refractivity contribution in [3.8, 4) is 0 Å². The first-order valence-corrected chi connectivity index (χ1v) is 3.11. The van der Waals surface area contributed by atoms with Gasteiger partial charge in [0.15, 0.2) is 0 Å². The Kier molecular flexibility index (Phi) is 1.45. The van der Waals surface area contributed by atoms with Gasteiger partial charge in [-0.3, -0.25) is 4.79 Å². The van der Waals surface area contributed by atoms with Gasteiger partial charge in [-0.2, -0.15) is 0 Å². The highest BCUT2D eigenvalue weighted by molar-refractivity contribution is 5.86. The molecule has 1 aliphatic rings. The molecule has 0 radical (unpaired) electrons. The van der Waals surface area contributed by atoms with Crippen LogP contribution in [0.2, 0.25) is 0 Å². The standard InChI is InChI=1S/C6H11NO2/c1-3-5(4(2)8)6(9)7-3/h3-5,8H,1-2H3,(H,7,9)/t3-,4-,5-/m0/s1. The predicted molar refractivity (Wildman–Crippen MR) is 32.8 cm³/mol. The number of β-lactam (4-membered cyclic amide) rings is 1. The summed E-state index contributed by atoms with van der Waals surface area (Å²) in [4.78, 5) is 10.6. The number of hydrogen-bond donors (Lipinski definition) is 2. The normalized spacial score (nSPS) is 37.0. The molecule has 0 bridgehead atoms. The Labute approximate surface area is 54.1 Å². The van der Waals surface area contributed by atoms with Gasteiger partial charge < -0.3 is 10.4 Å². The predicted octanol–water partition coefficient (Wildman–Crippen LogP) is -0.498. The van der Waals surface area contributed by atoms with Crippen molar-refractivity contribution in [3.05, 3.63) is 0 Å². The molecule has 0 spiro atoms. The minimum atomic E-state index is -0.506. The van der Waals surface area contributed by atoms with Gasteiger partial charge in [-0.25, -0.2) is 0 Å². The molecule has 0 aromatic carbocycles. The summed E-state index contributed by atoms with van der Waals surface area (Å²) in [5.74, 6) is -0.206. The van der Waals surface area contributed by atoms with Gasteiger partial charge in [0.1, 0.15) is 0 Å². The second-order valence-corrected chi connectivity index (χ2v) is 2.56. The maximum absolute atomic E-state index is 10.6. The van der Waals surface area contributed by atoms with Gasteiger partial charge in [-0.15, -0.1) is 0 Å². The van der Waals surface area contributed by atoms with Crippen molar-refractivity contribution in [2.75, 3.05) is 0 Å². The fourth-order valence-electron chi connectivity index (χ4n) is 1.18. The molecule has 0 aromatic heterocycles. The van der Waals surface area contributed by atoms with Crippen molar-refractivity contribution < 1.29 is 9.90 Å². The molecular weight excluding hydrogens is 118 g/mol. The summed E-state index contributed by atoms with van der Waals surface area (Å²) in [7, 11) is 0. The Morgan fingerprint density at radius 1 is 1.78 bits per heavy atom. The van der Waals surface area contributed by atoms with Gasteiger partial charge in [0, 0.05) is 6.04 Å². The zero-order valence-corrected chi connectivity index (χ0v) is 5.59. The van der Waals surface area contributed by atoms with Gasteiger partial charge in [0.25, 0.3) is 0 Å². The summed E-state index contributed by atoms with van der Waals surface area (Å²) in [6, 6.07) is 0.150. The Hall–Kier alpha value is -0.570. The zero-order chi connectivity index (χ0) is 7.02. The van der Waals surface area contributed by atoms with E-state index >= 15 is 0 Å². The van der Waals surface area contributed by atoms with Crippen LogP contribution in [0.1, 0.15) is 13.8 Å². The quantitative estimate of drug-likeness (QED) is 0.469. The van der Waals surface area contributed by atoms with Crippen molar-refractivity contribution in [2.45, 2.75) is 26.0 Å². The third-order valence-corrected chi connectivity index (χ3v) is 1.73. The fraction of sp³-hybridized carbons (Fsp3) is 0.833. The third kappa shape index (κ3) is 0.920. The van der Waals surface area contributed by atoms with Crippen LogP contribution in [0.3, 0.4) is 0 Å². The minimum absolute atomic E-state index is 0.0301. The highest BCUT2D eigenvalue weighted by Crippen LogP contribution is 2.17. The number of hydrogen-bond acceptors (Lipinski definition) is 2. The Morgan fingerprint density at radius 2 is 2.33 bits per heavy atom. The van der Waals surface area contributed by atoms with Crippen LogP contribution >= 0.6 is 0 Å². The number of carbonyl (C=O) groups is 1. The zero-order valence-electron chi connectivity index (χ0n) is 5.59. The van der Waals surface area contributed by atoms with Gasteiger partial charge in [-0.1, -0.05) is 0 Å². The Morgan fingerprint density at radius 3 is 2.44 bits per heavy atom. The number of aliphatic hydroxyl groups excluding tert-OH is 1. The maximum atomic E-state index is 10.6. The van der Waals surface area contributed by atoms with Crippen LogP contribution in [-0.4, -0.2) is 23.2 Å². The molecule has 2 N–H and O–H groups in total. The highest BCUT2D eigenvalue weighted by Gasteiger charge is 2.38. The first-order chi connectivity index (χ1) is 4.13. The lowest BCUT2D eigenvalue weighted by Gasteiger charge is -2.35. The molecule has 1 amide bonds. The molecule has 3 nitrogen and oxygen atoms in total. The van der Waals surface area contributed by atoms with Crippen LogP contribution in [0.15, 0.2) is 0 Å². The van der Waals surface area contributed by atoms with Crippen LogP contribution in [0.5, 0.6) is 0 Å². The molecule has 0 unspecified atom stereocenters. The Balaban J connectivity index is 2.49. The SMILES string of the molecule is C[C@H](O)[C@H]1C(=O)N[C@H]1C. The molecule has 0 aliphatic carbocycles. The van der Waals surface area contributed by atoms with E-state index in [1.165, 1.54) is 0 Å². The topological polar surface area (TPSA) is 49.3 Å². The van der Waals surface area contributed by atoms with Crippen LogP contribution in [0.4, 0.5) is 0 Å². The molecule has 3 atom stereocenters. The molecule has 1 saturated heterocycles. The van der Waals surface area contributed by atoms with E-state index in [1.807, 2.05) is 6.92 Å². The van der Waals surface area contributed by atoms with E-state index in [4.69, 9.17) is 5.11 Å². The molecule has 1 fully saturated rings. The fourth-order valence-corrected chi connectivity index (χ4v) is 1.18. The molecular formula is C6H11NO2. The van der Waals surface area contributed by atoms with Gasteiger partial charge >= 0.3 is 0 Å². The number of amides is 1. The molecule has 0 saturated carbocycles. The number of rotatable bonds is 1. The van der Waals surface area contributed by atoms with E-state index in [9.17, 15) is 4.79 Å². The number of nitrogens with one attached hydrogen (secondary N) is 1. The van der Waals surface area contributed by atoms with Crippen molar-refractivity contribution in [1.29, 1.82) is 0 Å². The van der Waals surface area contributed by atoms with Crippen LogP contribution in [-0.2, 0) is 4.79 Å². The van der Waals surface area contributed by atoms with Crippen LogP contribution in [0.25, 0.3) is 0 Å². The molecule has 1 rings (SSSR count). The lowest BCUT2D eigenvalue weighted by Crippen LogP contribution is -2.60. The van der Waals surface area contributed by atoms with E-state index in [-0.39, 0.29) is 17.9 Å². The van der Waals surface area contributed by atoms with E-state index in [1.54, 1.807) is 6.92 Å². The van der Waals surface area contributed by atoms with Gasteiger partial charge in [0.05, 0.1) is 12.0 Å². The molecule has 1 heterocycles.